The molecule has 0 bridgehead atoms. The number of hydrogen-bond donors (Lipinski definition) is 1. The number of nitrogens with zero attached hydrogens (tertiary/aromatic N) is 3. The van der Waals surface area contributed by atoms with E-state index in [9.17, 15) is 8.42 Å². The molecule has 1 aromatic rings. The molecular formula is C9H17ClN4O2S. The third-order valence-electron chi connectivity index (χ3n) is 2.69. The molecule has 8 heteroatoms. The zero-order valence-electron chi connectivity index (χ0n) is 9.83. The summed E-state index contributed by atoms with van der Waals surface area (Å²) >= 11 is 0. The number of sulfonamides is 1. The fraction of sp³-hybridized carbons (Fsp3) is 0.667. The van der Waals surface area contributed by atoms with Crippen LogP contribution in [0, 0.1) is 0 Å². The Morgan fingerprint density at radius 2 is 2.24 bits per heavy atom. The van der Waals surface area contributed by atoms with Gasteiger partial charge in [-0.3, -0.25) is 0 Å². The lowest BCUT2D eigenvalue weighted by atomic mass is 10.3. The first-order valence-electron chi connectivity index (χ1n) is 5.22. The van der Waals surface area contributed by atoms with Crippen molar-refractivity contribution in [2.75, 3.05) is 19.6 Å². The van der Waals surface area contributed by atoms with Gasteiger partial charge in [0.25, 0.3) is 10.0 Å². The molecule has 1 atom stereocenters. The Bertz CT molecular complexity index is 473. The molecule has 1 aromatic heterocycles. The summed E-state index contributed by atoms with van der Waals surface area (Å²) in [6.45, 7) is 3.77. The van der Waals surface area contributed by atoms with Crippen LogP contribution in [0.15, 0.2) is 17.6 Å². The third-order valence-corrected chi connectivity index (χ3v) is 4.59. The maximum absolute atomic E-state index is 12.2. The van der Waals surface area contributed by atoms with Gasteiger partial charge in [-0.1, -0.05) is 0 Å². The summed E-state index contributed by atoms with van der Waals surface area (Å²) in [5.41, 5.74) is 0. The number of halogens is 1. The number of piperazine rings is 1. The predicted octanol–water partition coefficient (Wildman–Crippen LogP) is -0.176. The smallest absolute Gasteiger partial charge is 0.262 e. The molecule has 0 aliphatic carbocycles. The Balaban J connectivity index is 0.00000144. The van der Waals surface area contributed by atoms with Crippen molar-refractivity contribution >= 4 is 22.4 Å². The fourth-order valence-electron chi connectivity index (χ4n) is 1.82. The van der Waals surface area contributed by atoms with Gasteiger partial charge in [-0.15, -0.1) is 12.4 Å². The Hall–Kier alpha value is -0.630. The minimum Gasteiger partial charge on any atom is -0.339 e. The van der Waals surface area contributed by atoms with Gasteiger partial charge < -0.3 is 9.88 Å². The molecule has 6 nitrogen and oxygen atoms in total. The summed E-state index contributed by atoms with van der Waals surface area (Å²) in [6.07, 6.45) is 3.03. The van der Waals surface area contributed by atoms with E-state index in [4.69, 9.17) is 0 Å². The largest absolute Gasteiger partial charge is 0.339 e. The highest BCUT2D eigenvalue weighted by Crippen LogP contribution is 2.16. The first kappa shape index (κ1) is 14.4. The van der Waals surface area contributed by atoms with Gasteiger partial charge in [0, 0.05) is 38.9 Å². The molecule has 0 spiro atoms. The average Bonchev–Trinajstić information content (AvgIpc) is 2.66. The predicted molar refractivity (Wildman–Crippen MR) is 66.7 cm³/mol. The minimum absolute atomic E-state index is 0. The van der Waals surface area contributed by atoms with Crippen molar-refractivity contribution in [2.24, 2.45) is 7.05 Å². The van der Waals surface area contributed by atoms with Gasteiger partial charge in [0.1, 0.15) is 0 Å². The highest BCUT2D eigenvalue weighted by molar-refractivity contribution is 7.89. The Kier molecular flexibility index (Phi) is 4.54. The molecule has 0 aromatic carbocycles. The molecule has 2 rings (SSSR count). The molecular weight excluding hydrogens is 264 g/mol. The van der Waals surface area contributed by atoms with Crippen molar-refractivity contribution in [1.29, 1.82) is 0 Å². The van der Waals surface area contributed by atoms with Crippen molar-refractivity contribution in [3.63, 3.8) is 0 Å². The number of nitrogens with one attached hydrogen (secondary N) is 1. The quantitative estimate of drug-likeness (QED) is 0.816. The summed E-state index contributed by atoms with van der Waals surface area (Å²) < 4.78 is 27.6. The molecule has 1 aliphatic heterocycles. The van der Waals surface area contributed by atoms with Gasteiger partial charge in [-0.05, 0) is 6.92 Å². The molecule has 1 fully saturated rings. The molecule has 1 unspecified atom stereocenters. The van der Waals surface area contributed by atoms with Crippen LogP contribution in [0.5, 0.6) is 0 Å². The summed E-state index contributed by atoms with van der Waals surface area (Å²) in [5.74, 6) is 0. The number of imidazole rings is 1. The average molecular weight is 281 g/mol. The molecule has 17 heavy (non-hydrogen) atoms. The lowest BCUT2D eigenvalue weighted by Gasteiger charge is -2.32. The lowest BCUT2D eigenvalue weighted by molar-refractivity contribution is 0.283. The Morgan fingerprint density at radius 3 is 2.76 bits per heavy atom. The van der Waals surface area contributed by atoms with E-state index in [1.807, 2.05) is 6.92 Å². The van der Waals surface area contributed by atoms with Crippen LogP contribution in [0.2, 0.25) is 0 Å². The standard InChI is InChI=1S/C9H16N4O2S.ClH/c1-8-5-10-3-4-13(8)16(14,15)9-6-12(2)7-11-9;/h6-8,10H,3-5H2,1-2H3;1H. The number of aryl methyl sites for hydroxylation is 1. The van der Waals surface area contributed by atoms with E-state index in [-0.39, 0.29) is 23.5 Å². The second-order valence-electron chi connectivity index (χ2n) is 4.05. The van der Waals surface area contributed by atoms with E-state index < -0.39 is 10.0 Å². The van der Waals surface area contributed by atoms with E-state index in [2.05, 4.69) is 10.3 Å². The van der Waals surface area contributed by atoms with Gasteiger partial charge in [0.05, 0.1) is 6.33 Å². The van der Waals surface area contributed by atoms with Gasteiger partial charge in [-0.2, -0.15) is 4.31 Å². The van der Waals surface area contributed by atoms with Crippen molar-refractivity contribution in [3.8, 4) is 0 Å². The second kappa shape index (κ2) is 5.34. The van der Waals surface area contributed by atoms with Crippen LogP contribution in [0.25, 0.3) is 0 Å². The zero-order valence-corrected chi connectivity index (χ0v) is 11.5. The van der Waals surface area contributed by atoms with Crippen LogP contribution in [-0.4, -0.2) is 48.0 Å². The molecule has 0 radical (unpaired) electrons. The molecule has 2 heterocycles. The van der Waals surface area contributed by atoms with Crippen molar-refractivity contribution in [1.82, 2.24) is 19.2 Å². The van der Waals surface area contributed by atoms with Crippen molar-refractivity contribution in [2.45, 2.75) is 18.0 Å². The van der Waals surface area contributed by atoms with Gasteiger partial charge >= 0.3 is 0 Å². The van der Waals surface area contributed by atoms with E-state index >= 15 is 0 Å². The van der Waals surface area contributed by atoms with Crippen LogP contribution in [-0.2, 0) is 17.1 Å². The third kappa shape index (κ3) is 2.79. The molecule has 1 aliphatic rings. The monoisotopic (exact) mass is 280 g/mol. The molecule has 0 saturated carbocycles. The van der Waals surface area contributed by atoms with Crippen LogP contribution in [0.1, 0.15) is 6.92 Å². The SMILES string of the molecule is CC1CNCCN1S(=O)(=O)c1cn(C)cn1.Cl. The first-order valence-corrected chi connectivity index (χ1v) is 6.66. The molecule has 1 N–H and O–H groups in total. The Labute approximate surface area is 107 Å². The van der Waals surface area contributed by atoms with Gasteiger partial charge in [0.15, 0.2) is 5.03 Å². The first-order chi connectivity index (χ1) is 7.51. The maximum atomic E-state index is 12.2. The highest BCUT2D eigenvalue weighted by atomic mass is 35.5. The van der Waals surface area contributed by atoms with Crippen LogP contribution < -0.4 is 5.32 Å². The van der Waals surface area contributed by atoms with Crippen molar-refractivity contribution in [3.05, 3.63) is 12.5 Å². The highest BCUT2D eigenvalue weighted by Gasteiger charge is 2.32. The topological polar surface area (TPSA) is 67.2 Å². The van der Waals surface area contributed by atoms with Crippen molar-refractivity contribution < 1.29 is 8.42 Å². The van der Waals surface area contributed by atoms with Gasteiger partial charge in [0.2, 0.25) is 0 Å². The number of aromatic nitrogens is 2. The molecule has 1 saturated heterocycles. The van der Waals surface area contributed by atoms with E-state index in [1.54, 1.807) is 11.6 Å². The Morgan fingerprint density at radius 1 is 1.53 bits per heavy atom. The second-order valence-corrected chi connectivity index (χ2v) is 5.88. The summed E-state index contributed by atoms with van der Waals surface area (Å²) in [5, 5.41) is 3.29. The summed E-state index contributed by atoms with van der Waals surface area (Å²) in [7, 11) is -1.67. The molecule has 98 valence electrons. The molecule has 0 amide bonds. The summed E-state index contributed by atoms with van der Waals surface area (Å²) in [6, 6.07) is -0.0271. The van der Waals surface area contributed by atoms with E-state index in [0.29, 0.717) is 19.6 Å². The van der Waals surface area contributed by atoms with Crippen LogP contribution >= 0.6 is 12.4 Å². The van der Waals surface area contributed by atoms with E-state index in [0.717, 1.165) is 0 Å². The fourth-order valence-corrected chi connectivity index (χ4v) is 3.42. The summed E-state index contributed by atoms with van der Waals surface area (Å²) in [4.78, 5) is 3.91. The van der Waals surface area contributed by atoms with Gasteiger partial charge in [-0.25, -0.2) is 13.4 Å². The normalized spacial score (nSPS) is 22.1. The van der Waals surface area contributed by atoms with Crippen LogP contribution in [0.3, 0.4) is 0 Å². The lowest BCUT2D eigenvalue weighted by Crippen LogP contribution is -2.52. The minimum atomic E-state index is -3.43. The number of hydrogen-bond acceptors (Lipinski definition) is 4. The van der Waals surface area contributed by atoms with Crippen LogP contribution in [0.4, 0.5) is 0 Å². The maximum Gasteiger partial charge on any atom is 0.262 e. The number of rotatable bonds is 2. The zero-order chi connectivity index (χ0) is 11.8. The van der Waals surface area contributed by atoms with E-state index in [1.165, 1.54) is 16.8 Å².